The lowest BCUT2D eigenvalue weighted by atomic mass is 10.1. The fraction of sp³-hybridized carbons (Fsp3) is 0.0417. The van der Waals surface area contributed by atoms with Gasteiger partial charge < -0.3 is 4.74 Å². The molecule has 8 heteroatoms. The molecule has 0 aliphatic heterocycles. The van der Waals surface area contributed by atoms with Gasteiger partial charge in [-0.1, -0.05) is 54.6 Å². The maximum absolute atomic E-state index is 13.7. The first-order valence-electron chi connectivity index (χ1n) is 9.45. The van der Waals surface area contributed by atoms with Crippen molar-refractivity contribution >= 4 is 22.7 Å². The first-order valence-corrected chi connectivity index (χ1v) is 9.45. The predicted octanol–water partition coefficient (Wildman–Crippen LogP) is 6.56. The highest BCUT2D eigenvalue weighted by Crippen LogP contribution is 2.27. The Morgan fingerprint density at radius 2 is 1.41 bits per heavy atom. The van der Waals surface area contributed by atoms with Crippen LogP contribution < -0.4 is 10.2 Å². The summed E-state index contributed by atoms with van der Waals surface area (Å²) in [4.78, 5) is 0. The van der Waals surface area contributed by atoms with Crippen molar-refractivity contribution < 1.29 is 26.7 Å². The number of nitrogens with zero attached hydrogens (tertiary/aromatic N) is 1. The van der Waals surface area contributed by atoms with Crippen LogP contribution in [0.4, 0.5) is 27.6 Å². The number of rotatable bonds is 6. The zero-order valence-electron chi connectivity index (χ0n) is 16.4. The normalized spacial score (nSPS) is 11.3. The summed E-state index contributed by atoms with van der Waals surface area (Å²) in [5.41, 5.74) is 2.11. The Kier molecular flexibility index (Phi) is 6.02. The molecule has 0 radical (unpaired) electrons. The molecule has 1 N–H and O–H groups in total. The second kappa shape index (κ2) is 9.05. The van der Waals surface area contributed by atoms with Crippen molar-refractivity contribution in [3.63, 3.8) is 0 Å². The summed E-state index contributed by atoms with van der Waals surface area (Å²) in [6.45, 7) is 0.310. The minimum Gasteiger partial charge on any atom is -0.489 e. The topological polar surface area (TPSA) is 33.6 Å². The third-order valence-electron chi connectivity index (χ3n) is 4.73. The summed E-state index contributed by atoms with van der Waals surface area (Å²) in [6.07, 6.45) is 1.17. The lowest BCUT2D eigenvalue weighted by molar-refractivity contribution is 0.307. The molecule has 3 nitrogen and oxygen atoms in total. The van der Waals surface area contributed by atoms with Crippen molar-refractivity contribution in [2.24, 2.45) is 5.10 Å². The van der Waals surface area contributed by atoms with Gasteiger partial charge in [-0.3, -0.25) is 5.43 Å². The van der Waals surface area contributed by atoms with Gasteiger partial charge in [0, 0.05) is 0 Å². The Morgan fingerprint density at radius 3 is 2.19 bits per heavy atom. The quantitative estimate of drug-likeness (QED) is 0.121. The molecule has 0 aliphatic carbocycles. The van der Waals surface area contributed by atoms with Gasteiger partial charge in [0.15, 0.2) is 23.3 Å². The van der Waals surface area contributed by atoms with Gasteiger partial charge in [0.2, 0.25) is 5.82 Å². The Bertz CT molecular complexity index is 1290. The number of hydrogen-bond donors (Lipinski definition) is 1. The van der Waals surface area contributed by atoms with Crippen LogP contribution in [0, 0.1) is 29.1 Å². The van der Waals surface area contributed by atoms with E-state index in [1.807, 2.05) is 47.9 Å². The molecule has 4 rings (SSSR count). The van der Waals surface area contributed by atoms with Crippen molar-refractivity contribution in [2.75, 3.05) is 5.43 Å². The average molecular weight is 442 g/mol. The van der Waals surface area contributed by atoms with E-state index in [2.05, 4.69) is 5.10 Å². The highest BCUT2D eigenvalue weighted by atomic mass is 19.2. The minimum absolute atomic E-state index is 0.310. The largest absolute Gasteiger partial charge is 0.489 e. The van der Waals surface area contributed by atoms with Crippen molar-refractivity contribution in [3.05, 3.63) is 107 Å². The Balaban J connectivity index is 1.48. The Hall–Kier alpha value is -3.94. The molecule has 0 amide bonds. The van der Waals surface area contributed by atoms with Crippen molar-refractivity contribution in [2.45, 2.75) is 6.61 Å². The van der Waals surface area contributed by atoms with E-state index in [-0.39, 0.29) is 0 Å². The number of hydrogen-bond acceptors (Lipinski definition) is 3. The van der Waals surface area contributed by atoms with E-state index in [1.165, 1.54) is 6.21 Å². The lowest BCUT2D eigenvalue weighted by Crippen LogP contribution is -2.06. The van der Waals surface area contributed by atoms with E-state index in [1.54, 1.807) is 24.3 Å². The first-order chi connectivity index (χ1) is 15.5. The molecule has 0 aliphatic rings. The Labute approximate surface area is 179 Å². The number of hydrazone groups is 1. The van der Waals surface area contributed by atoms with Gasteiger partial charge in [-0.25, -0.2) is 22.0 Å². The fourth-order valence-electron chi connectivity index (χ4n) is 3.14. The first kappa shape index (κ1) is 21.3. The van der Waals surface area contributed by atoms with E-state index in [0.717, 1.165) is 16.3 Å². The van der Waals surface area contributed by atoms with E-state index in [0.29, 0.717) is 17.9 Å². The molecule has 0 unspecified atom stereocenters. The molecular weight excluding hydrogens is 427 g/mol. The van der Waals surface area contributed by atoms with Gasteiger partial charge >= 0.3 is 0 Å². The van der Waals surface area contributed by atoms with Crippen LogP contribution in [0.25, 0.3) is 10.8 Å². The number of ether oxygens (including phenoxy) is 1. The molecule has 0 saturated carbocycles. The number of benzene rings is 4. The van der Waals surface area contributed by atoms with E-state index < -0.39 is 34.8 Å². The second-order valence-corrected chi connectivity index (χ2v) is 6.81. The maximum atomic E-state index is 13.7. The number of anilines is 1. The molecule has 0 heterocycles. The van der Waals surface area contributed by atoms with Crippen molar-refractivity contribution in [1.82, 2.24) is 0 Å². The molecule has 4 aromatic rings. The van der Waals surface area contributed by atoms with Crippen LogP contribution >= 0.6 is 0 Å². The predicted molar refractivity (Wildman–Crippen MR) is 112 cm³/mol. The van der Waals surface area contributed by atoms with Gasteiger partial charge in [-0.15, -0.1) is 0 Å². The number of halogens is 5. The lowest BCUT2D eigenvalue weighted by Gasteiger charge is -2.10. The molecule has 0 spiro atoms. The van der Waals surface area contributed by atoms with Crippen molar-refractivity contribution in [3.8, 4) is 5.75 Å². The minimum atomic E-state index is -2.23. The summed E-state index contributed by atoms with van der Waals surface area (Å²) in [7, 11) is 0. The summed E-state index contributed by atoms with van der Waals surface area (Å²) in [6, 6.07) is 20.5. The van der Waals surface area contributed by atoms with Crippen LogP contribution in [-0.2, 0) is 6.61 Å². The van der Waals surface area contributed by atoms with E-state index in [9.17, 15) is 22.0 Å². The van der Waals surface area contributed by atoms with Crippen LogP contribution in [0.2, 0.25) is 0 Å². The zero-order chi connectivity index (χ0) is 22.7. The van der Waals surface area contributed by atoms with Crippen molar-refractivity contribution in [1.29, 1.82) is 0 Å². The van der Waals surface area contributed by atoms with Gasteiger partial charge in [-0.2, -0.15) is 5.10 Å². The molecule has 0 aromatic heterocycles. The van der Waals surface area contributed by atoms with E-state index >= 15 is 0 Å². The molecule has 32 heavy (non-hydrogen) atoms. The molecule has 0 saturated heterocycles. The smallest absolute Gasteiger partial charge is 0.200 e. The summed E-state index contributed by atoms with van der Waals surface area (Å²) in [5, 5.41) is 5.74. The average Bonchev–Trinajstić information content (AvgIpc) is 2.82. The summed E-state index contributed by atoms with van der Waals surface area (Å²) >= 11 is 0. The summed E-state index contributed by atoms with van der Waals surface area (Å²) in [5.74, 6) is -9.81. The molecule has 162 valence electrons. The van der Waals surface area contributed by atoms with Crippen LogP contribution in [0.1, 0.15) is 11.1 Å². The van der Waals surface area contributed by atoms with Gasteiger partial charge in [0.25, 0.3) is 0 Å². The highest BCUT2D eigenvalue weighted by molar-refractivity contribution is 5.85. The fourth-order valence-corrected chi connectivity index (χ4v) is 3.14. The van der Waals surface area contributed by atoms with Crippen LogP contribution in [0.5, 0.6) is 5.75 Å². The highest BCUT2D eigenvalue weighted by Gasteiger charge is 2.25. The van der Waals surface area contributed by atoms with Gasteiger partial charge in [0.1, 0.15) is 18.0 Å². The zero-order valence-corrected chi connectivity index (χ0v) is 16.4. The number of nitrogens with one attached hydrogen (secondary N) is 1. The molecule has 0 bridgehead atoms. The number of fused-ring (bicyclic) bond motifs is 1. The third kappa shape index (κ3) is 4.25. The third-order valence-corrected chi connectivity index (χ3v) is 4.73. The SMILES string of the molecule is Fc1c(F)c(F)c(N/N=C\c2cccc(OCc3cccc4ccccc34)c2)c(F)c1F. The standard InChI is InChI=1S/C24H15F5N2O/c25-19-20(26)22(28)24(23(29)21(19)27)31-30-12-14-5-3-9-17(11-14)32-13-16-8-4-7-15-6-1-2-10-18(15)16/h1-12,31H,13H2/b30-12-. The molecular formula is C24H15F5N2O. The molecule has 4 aromatic carbocycles. The van der Waals surface area contributed by atoms with E-state index in [4.69, 9.17) is 4.74 Å². The summed E-state index contributed by atoms with van der Waals surface area (Å²) < 4.78 is 72.8. The van der Waals surface area contributed by atoms with Gasteiger partial charge in [-0.05, 0) is 34.0 Å². The molecule has 0 fully saturated rings. The molecule has 0 atom stereocenters. The van der Waals surface area contributed by atoms with Gasteiger partial charge in [0.05, 0.1) is 6.21 Å². The second-order valence-electron chi connectivity index (χ2n) is 6.81. The monoisotopic (exact) mass is 442 g/mol. The van der Waals surface area contributed by atoms with Crippen LogP contribution in [0.3, 0.4) is 0 Å². The Morgan fingerprint density at radius 1 is 0.750 bits per heavy atom. The maximum Gasteiger partial charge on any atom is 0.200 e. The van der Waals surface area contributed by atoms with Crippen LogP contribution in [0.15, 0.2) is 71.8 Å². The van der Waals surface area contributed by atoms with Crippen LogP contribution in [-0.4, -0.2) is 6.21 Å².